The first-order valence-electron chi connectivity index (χ1n) is 3.42. The van der Waals surface area contributed by atoms with Crippen LogP contribution in [0.3, 0.4) is 0 Å². The molecule has 0 aromatic rings. The molecule has 1 atom stereocenters. The standard InChI is InChI=1S/C6H12ClNO2/c1-2-3-4-6(7)5-8(9)10/h6H,2-5H2,1H3. The van der Waals surface area contributed by atoms with Crippen LogP contribution < -0.4 is 0 Å². The Balaban J connectivity index is 3.25. The van der Waals surface area contributed by atoms with Gasteiger partial charge in [-0.2, -0.15) is 0 Å². The fourth-order valence-electron chi connectivity index (χ4n) is 0.679. The third kappa shape index (κ3) is 5.82. The molecule has 0 aromatic heterocycles. The highest BCUT2D eigenvalue weighted by atomic mass is 35.5. The molecule has 0 N–H and O–H groups in total. The highest BCUT2D eigenvalue weighted by molar-refractivity contribution is 6.20. The third-order valence-corrected chi connectivity index (χ3v) is 1.57. The molecule has 0 saturated heterocycles. The summed E-state index contributed by atoms with van der Waals surface area (Å²) in [6.45, 7) is 1.93. The van der Waals surface area contributed by atoms with Crippen LogP contribution in [0.25, 0.3) is 0 Å². The fourth-order valence-corrected chi connectivity index (χ4v) is 0.946. The molecule has 0 heterocycles. The van der Waals surface area contributed by atoms with Gasteiger partial charge in [0, 0.05) is 4.92 Å². The van der Waals surface area contributed by atoms with E-state index < -0.39 is 0 Å². The first-order chi connectivity index (χ1) is 4.66. The molecule has 1 unspecified atom stereocenters. The lowest BCUT2D eigenvalue weighted by Gasteiger charge is -2.01. The molecule has 60 valence electrons. The third-order valence-electron chi connectivity index (χ3n) is 1.22. The molecule has 0 aliphatic rings. The van der Waals surface area contributed by atoms with E-state index in [0.717, 1.165) is 19.3 Å². The number of rotatable bonds is 5. The predicted molar refractivity (Wildman–Crippen MR) is 41.0 cm³/mol. The van der Waals surface area contributed by atoms with E-state index in [1.54, 1.807) is 0 Å². The van der Waals surface area contributed by atoms with Crippen molar-refractivity contribution >= 4 is 11.6 Å². The van der Waals surface area contributed by atoms with Crippen LogP contribution in [0.5, 0.6) is 0 Å². The Morgan fingerprint density at radius 3 is 2.70 bits per heavy atom. The second kappa shape index (κ2) is 5.47. The van der Waals surface area contributed by atoms with E-state index in [4.69, 9.17) is 11.6 Å². The van der Waals surface area contributed by atoms with E-state index in [9.17, 15) is 10.1 Å². The number of nitrogens with zero attached hydrogens (tertiary/aromatic N) is 1. The Labute approximate surface area is 65.5 Å². The lowest BCUT2D eigenvalue weighted by molar-refractivity contribution is -0.479. The number of halogens is 1. The Morgan fingerprint density at radius 1 is 1.70 bits per heavy atom. The van der Waals surface area contributed by atoms with Crippen LogP contribution in [0.4, 0.5) is 0 Å². The van der Waals surface area contributed by atoms with Crippen molar-refractivity contribution in [2.75, 3.05) is 6.54 Å². The summed E-state index contributed by atoms with van der Waals surface area (Å²) in [7, 11) is 0. The Morgan fingerprint density at radius 2 is 2.30 bits per heavy atom. The smallest absolute Gasteiger partial charge is 0.220 e. The minimum Gasteiger partial charge on any atom is -0.264 e. The number of nitro groups is 1. The number of hydrogen-bond donors (Lipinski definition) is 0. The number of alkyl halides is 1. The summed E-state index contributed by atoms with van der Waals surface area (Å²) in [5.41, 5.74) is 0. The molecule has 0 aromatic carbocycles. The highest BCUT2D eigenvalue weighted by Gasteiger charge is 2.09. The Hall–Kier alpha value is -0.310. The molecule has 0 aliphatic carbocycles. The zero-order chi connectivity index (χ0) is 7.98. The van der Waals surface area contributed by atoms with Gasteiger partial charge in [-0.15, -0.1) is 11.6 Å². The van der Waals surface area contributed by atoms with Crippen molar-refractivity contribution in [3.63, 3.8) is 0 Å². The largest absolute Gasteiger partial charge is 0.264 e. The molecule has 4 heteroatoms. The van der Waals surface area contributed by atoms with Crippen molar-refractivity contribution in [3.8, 4) is 0 Å². The zero-order valence-electron chi connectivity index (χ0n) is 6.05. The van der Waals surface area contributed by atoms with Crippen LogP contribution in [0.1, 0.15) is 26.2 Å². The topological polar surface area (TPSA) is 43.1 Å². The molecule has 0 bridgehead atoms. The summed E-state index contributed by atoms with van der Waals surface area (Å²) in [5.74, 6) is 0. The van der Waals surface area contributed by atoms with Crippen LogP contribution >= 0.6 is 11.6 Å². The zero-order valence-corrected chi connectivity index (χ0v) is 6.80. The monoisotopic (exact) mass is 165 g/mol. The minimum absolute atomic E-state index is 0.110. The summed E-state index contributed by atoms with van der Waals surface area (Å²) in [6.07, 6.45) is 2.77. The second-order valence-electron chi connectivity index (χ2n) is 2.25. The van der Waals surface area contributed by atoms with Gasteiger partial charge in [-0.3, -0.25) is 10.1 Å². The van der Waals surface area contributed by atoms with Gasteiger partial charge in [0.05, 0.1) is 5.38 Å². The molecule has 0 saturated carbocycles. The average Bonchev–Trinajstić information content (AvgIpc) is 1.82. The summed E-state index contributed by atoms with van der Waals surface area (Å²) < 4.78 is 0. The van der Waals surface area contributed by atoms with E-state index in [1.807, 2.05) is 6.92 Å². The SMILES string of the molecule is CCCCC(Cl)C[N+](=O)[O-]. The van der Waals surface area contributed by atoms with Crippen molar-refractivity contribution in [1.29, 1.82) is 0 Å². The first kappa shape index (κ1) is 9.69. The molecule has 0 amide bonds. The van der Waals surface area contributed by atoms with Crippen molar-refractivity contribution in [3.05, 3.63) is 10.1 Å². The average molecular weight is 166 g/mol. The van der Waals surface area contributed by atoms with Crippen LogP contribution in [0.2, 0.25) is 0 Å². The molecule has 0 spiro atoms. The van der Waals surface area contributed by atoms with Crippen molar-refractivity contribution in [2.45, 2.75) is 31.6 Å². The summed E-state index contributed by atoms with van der Waals surface area (Å²) >= 11 is 5.61. The fraction of sp³-hybridized carbons (Fsp3) is 1.00. The minimum atomic E-state index is -0.368. The maximum atomic E-state index is 9.89. The van der Waals surface area contributed by atoms with Gasteiger partial charge in [-0.05, 0) is 6.42 Å². The van der Waals surface area contributed by atoms with Crippen molar-refractivity contribution in [2.24, 2.45) is 0 Å². The van der Waals surface area contributed by atoms with Gasteiger partial charge in [0.15, 0.2) is 0 Å². The normalized spacial score (nSPS) is 13.0. The summed E-state index contributed by atoms with van der Waals surface area (Å²) in [4.78, 5) is 9.53. The van der Waals surface area contributed by atoms with Crippen LogP contribution in [-0.4, -0.2) is 16.8 Å². The quantitative estimate of drug-likeness (QED) is 0.356. The summed E-state index contributed by atoms with van der Waals surface area (Å²) in [5, 5.41) is 9.61. The van der Waals surface area contributed by atoms with Gasteiger partial charge in [0.2, 0.25) is 6.54 Å². The Bertz CT molecular complexity index is 108. The van der Waals surface area contributed by atoms with Crippen LogP contribution in [-0.2, 0) is 0 Å². The van der Waals surface area contributed by atoms with E-state index in [-0.39, 0.29) is 16.8 Å². The Kier molecular flexibility index (Phi) is 5.30. The molecule has 3 nitrogen and oxygen atoms in total. The predicted octanol–water partition coefficient (Wildman–Crippen LogP) is 2.06. The molecule has 0 aliphatic heterocycles. The number of unbranched alkanes of at least 4 members (excludes halogenated alkanes) is 1. The maximum Gasteiger partial charge on any atom is 0.220 e. The van der Waals surface area contributed by atoms with Crippen molar-refractivity contribution < 1.29 is 4.92 Å². The molecule has 0 fully saturated rings. The van der Waals surface area contributed by atoms with Crippen LogP contribution in [0.15, 0.2) is 0 Å². The van der Waals surface area contributed by atoms with E-state index in [1.165, 1.54) is 0 Å². The van der Waals surface area contributed by atoms with E-state index in [2.05, 4.69) is 0 Å². The van der Waals surface area contributed by atoms with Gasteiger partial charge in [-0.25, -0.2) is 0 Å². The molecular formula is C6H12ClNO2. The molecule has 0 radical (unpaired) electrons. The second-order valence-corrected chi connectivity index (χ2v) is 2.87. The van der Waals surface area contributed by atoms with E-state index >= 15 is 0 Å². The maximum absolute atomic E-state index is 9.89. The van der Waals surface area contributed by atoms with Gasteiger partial charge in [-0.1, -0.05) is 19.8 Å². The van der Waals surface area contributed by atoms with E-state index in [0.29, 0.717) is 0 Å². The number of hydrogen-bond acceptors (Lipinski definition) is 2. The lowest BCUT2D eigenvalue weighted by atomic mass is 10.2. The molecule has 10 heavy (non-hydrogen) atoms. The van der Waals surface area contributed by atoms with Crippen molar-refractivity contribution in [1.82, 2.24) is 0 Å². The first-order valence-corrected chi connectivity index (χ1v) is 3.86. The van der Waals surface area contributed by atoms with Crippen LogP contribution in [0, 0.1) is 10.1 Å². The van der Waals surface area contributed by atoms with Gasteiger partial charge in [0.25, 0.3) is 0 Å². The summed E-state index contributed by atoms with van der Waals surface area (Å²) in [6, 6.07) is 0. The highest BCUT2D eigenvalue weighted by Crippen LogP contribution is 2.06. The van der Waals surface area contributed by atoms with Gasteiger partial charge < -0.3 is 0 Å². The lowest BCUT2D eigenvalue weighted by Crippen LogP contribution is -2.13. The molecule has 0 rings (SSSR count). The van der Waals surface area contributed by atoms with Gasteiger partial charge >= 0.3 is 0 Å². The molecular weight excluding hydrogens is 154 g/mol. The van der Waals surface area contributed by atoms with Gasteiger partial charge in [0.1, 0.15) is 0 Å².